The predicted octanol–water partition coefficient (Wildman–Crippen LogP) is 1.27. The van der Waals surface area contributed by atoms with Gasteiger partial charge in [-0.05, 0) is 26.8 Å². The second-order valence-corrected chi connectivity index (χ2v) is 2.49. The average molecular weight is 185 g/mol. The van der Waals surface area contributed by atoms with Crippen molar-refractivity contribution in [3.05, 3.63) is 12.2 Å². The van der Waals surface area contributed by atoms with Gasteiger partial charge in [-0.1, -0.05) is 6.08 Å². The van der Waals surface area contributed by atoms with E-state index < -0.39 is 12.1 Å². The summed E-state index contributed by atoms with van der Waals surface area (Å²) in [7, 11) is 0. The van der Waals surface area contributed by atoms with Gasteiger partial charge in [0.2, 0.25) is 0 Å². The standard InChI is InChI=1S/C9H15NO3/c1-4-6-8(11)7(3)10-9(12)13-5-2/h4,6-7H,5H2,1-3H3,(H,10,12)/b6-4+/t7-/m0/s1. The number of alkyl carbamates (subject to hydrolysis) is 1. The number of rotatable bonds is 4. The zero-order chi connectivity index (χ0) is 10.3. The molecular formula is C9H15NO3. The van der Waals surface area contributed by atoms with Crippen LogP contribution < -0.4 is 5.32 Å². The Morgan fingerprint density at radius 2 is 2.15 bits per heavy atom. The van der Waals surface area contributed by atoms with E-state index in [-0.39, 0.29) is 5.78 Å². The molecule has 4 nitrogen and oxygen atoms in total. The molecule has 0 radical (unpaired) electrons. The average Bonchev–Trinajstić information content (AvgIpc) is 2.05. The number of hydrogen-bond donors (Lipinski definition) is 1. The van der Waals surface area contributed by atoms with Crippen molar-refractivity contribution in [3.8, 4) is 0 Å². The van der Waals surface area contributed by atoms with E-state index in [1.165, 1.54) is 6.08 Å². The SMILES string of the molecule is C/C=C/C(=O)[C@H](C)NC(=O)OCC. The lowest BCUT2D eigenvalue weighted by molar-refractivity contribution is -0.116. The summed E-state index contributed by atoms with van der Waals surface area (Å²) in [4.78, 5) is 22.0. The zero-order valence-electron chi connectivity index (χ0n) is 8.16. The quantitative estimate of drug-likeness (QED) is 0.671. The van der Waals surface area contributed by atoms with Crippen molar-refractivity contribution in [3.63, 3.8) is 0 Å². The van der Waals surface area contributed by atoms with Crippen molar-refractivity contribution in [1.29, 1.82) is 0 Å². The molecule has 0 saturated heterocycles. The van der Waals surface area contributed by atoms with Crippen LogP contribution in [0.15, 0.2) is 12.2 Å². The monoisotopic (exact) mass is 185 g/mol. The Kier molecular flexibility index (Phi) is 5.59. The van der Waals surface area contributed by atoms with Gasteiger partial charge in [0.05, 0.1) is 12.6 Å². The molecule has 0 bridgehead atoms. The normalized spacial score (nSPS) is 12.5. The van der Waals surface area contributed by atoms with Gasteiger partial charge in [-0.3, -0.25) is 4.79 Å². The minimum absolute atomic E-state index is 0.143. The van der Waals surface area contributed by atoms with Crippen molar-refractivity contribution in [2.45, 2.75) is 26.8 Å². The van der Waals surface area contributed by atoms with Crippen LogP contribution >= 0.6 is 0 Å². The van der Waals surface area contributed by atoms with Crippen LogP contribution in [-0.4, -0.2) is 24.5 Å². The third-order valence-corrected chi connectivity index (χ3v) is 1.37. The van der Waals surface area contributed by atoms with Gasteiger partial charge in [0.25, 0.3) is 0 Å². The van der Waals surface area contributed by atoms with Crippen LogP contribution in [0.3, 0.4) is 0 Å². The van der Waals surface area contributed by atoms with E-state index in [2.05, 4.69) is 10.1 Å². The Bertz CT molecular complexity index is 211. The summed E-state index contributed by atoms with van der Waals surface area (Å²) in [5.74, 6) is -0.143. The number of amides is 1. The van der Waals surface area contributed by atoms with E-state index in [1.807, 2.05) is 0 Å². The summed E-state index contributed by atoms with van der Waals surface area (Å²) in [6, 6.07) is -0.532. The van der Waals surface area contributed by atoms with Gasteiger partial charge in [-0.25, -0.2) is 4.79 Å². The molecule has 0 aromatic carbocycles. The van der Waals surface area contributed by atoms with Gasteiger partial charge in [-0.2, -0.15) is 0 Å². The minimum atomic E-state index is -0.562. The molecule has 0 unspecified atom stereocenters. The number of carbonyl (C=O) groups excluding carboxylic acids is 2. The molecular weight excluding hydrogens is 170 g/mol. The lowest BCUT2D eigenvalue weighted by atomic mass is 10.2. The van der Waals surface area contributed by atoms with Crippen molar-refractivity contribution < 1.29 is 14.3 Å². The lowest BCUT2D eigenvalue weighted by Gasteiger charge is -2.09. The number of nitrogens with one attached hydrogen (secondary N) is 1. The summed E-state index contributed by atoms with van der Waals surface area (Å²) >= 11 is 0. The topological polar surface area (TPSA) is 55.4 Å². The maximum absolute atomic E-state index is 11.1. The first-order valence-electron chi connectivity index (χ1n) is 4.21. The third-order valence-electron chi connectivity index (χ3n) is 1.37. The first kappa shape index (κ1) is 11.7. The van der Waals surface area contributed by atoms with Gasteiger partial charge in [0, 0.05) is 0 Å². The highest BCUT2D eigenvalue weighted by Gasteiger charge is 2.12. The van der Waals surface area contributed by atoms with Gasteiger partial charge >= 0.3 is 6.09 Å². The number of ether oxygens (including phenoxy) is 1. The van der Waals surface area contributed by atoms with Crippen molar-refractivity contribution in [1.82, 2.24) is 5.32 Å². The van der Waals surface area contributed by atoms with Gasteiger partial charge in [-0.15, -0.1) is 0 Å². The molecule has 1 N–H and O–H groups in total. The molecule has 0 aliphatic carbocycles. The Labute approximate surface area is 78.0 Å². The van der Waals surface area contributed by atoms with Gasteiger partial charge in [0.1, 0.15) is 0 Å². The van der Waals surface area contributed by atoms with Gasteiger partial charge < -0.3 is 10.1 Å². The fourth-order valence-electron chi connectivity index (χ4n) is 0.729. The number of allylic oxidation sites excluding steroid dienone is 1. The molecule has 1 atom stereocenters. The Balaban J connectivity index is 3.92. The number of carbonyl (C=O) groups is 2. The highest BCUT2D eigenvalue weighted by Crippen LogP contribution is 1.89. The molecule has 1 amide bonds. The molecule has 0 aromatic rings. The van der Waals surface area contributed by atoms with Crippen LogP contribution in [0.25, 0.3) is 0 Å². The summed E-state index contributed by atoms with van der Waals surface area (Å²) < 4.78 is 4.61. The summed E-state index contributed by atoms with van der Waals surface area (Å²) in [5, 5.41) is 2.40. The van der Waals surface area contributed by atoms with E-state index >= 15 is 0 Å². The van der Waals surface area contributed by atoms with Crippen molar-refractivity contribution in [2.75, 3.05) is 6.61 Å². The predicted molar refractivity (Wildman–Crippen MR) is 49.4 cm³/mol. The van der Waals surface area contributed by atoms with E-state index in [0.29, 0.717) is 6.61 Å². The molecule has 0 aromatic heterocycles. The van der Waals surface area contributed by atoms with E-state index in [0.717, 1.165) is 0 Å². The third kappa shape index (κ3) is 5.00. The summed E-state index contributed by atoms with van der Waals surface area (Å²) in [6.07, 6.45) is 2.48. The van der Waals surface area contributed by atoms with Gasteiger partial charge in [0.15, 0.2) is 5.78 Å². The molecule has 0 aliphatic heterocycles. The molecule has 74 valence electrons. The molecule has 0 heterocycles. The Morgan fingerprint density at radius 1 is 1.54 bits per heavy atom. The highest BCUT2D eigenvalue weighted by molar-refractivity contribution is 5.95. The van der Waals surface area contributed by atoms with E-state index in [4.69, 9.17) is 0 Å². The second-order valence-electron chi connectivity index (χ2n) is 2.49. The van der Waals surface area contributed by atoms with E-state index in [9.17, 15) is 9.59 Å². The largest absolute Gasteiger partial charge is 0.450 e. The Hall–Kier alpha value is -1.32. The summed E-state index contributed by atoms with van der Waals surface area (Å²) in [5.41, 5.74) is 0. The molecule has 0 rings (SSSR count). The van der Waals surface area contributed by atoms with Crippen LogP contribution in [0, 0.1) is 0 Å². The molecule has 0 spiro atoms. The van der Waals surface area contributed by atoms with Crippen molar-refractivity contribution >= 4 is 11.9 Å². The van der Waals surface area contributed by atoms with Crippen LogP contribution in [0.4, 0.5) is 4.79 Å². The molecule has 13 heavy (non-hydrogen) atoms. The smallest absolute Gasteiger partial charge is 0.407 e. The fraction of sp³-hybridized carbons (Fsp3) is 0.556. The van der Waals surface area contributed by atoms with E-state index in [1.54, 1.807) is 26.8 Å². The molecule has 4 heteroatoms. The van der Waals surface area contributed by atoms with Crippen LogP contribution in [0.5, 0.6) is 0 Å². The minimum Gasteiger partial charge on any atom is -0.450 e. The zero-order valence-corrected chi connectivity index (χ0v) is 8.16. The first-order chi connectivity index (χ1) is 6.11. The molecule has 0 aliphatic rings. The van der Waals surface area contributed by atoms with Crippen LogP contribution in [-0.2, 0) is 9.53 Å². The fourth-order valence-corrected chi connectivity index (χ4v) is 0.729. The van der Waals surface area contributed by atoms with Crippen molar-refractivity contribution in [2.24, 2.45) is 0 Å². The Morgan fingerprint density at radius 3 is 2.62 bits per heavy atom. The number of ketones is 1. The second kappa shape index (κ2) is 6.22. The first-order valence-corrected chi connectivity index (χ1v) is 4.21. The molecule has 0 saturated carbocycles. The van der Waals surface area contributed by atoms with Crippen LogP contribution in [0.1, 0.15) is 20.8 Å². The highest BCUT2D eigenvalue weighted by atomic mass is 16.5. The summed E-state index contributed by atoms with van der Waals surface area (Å²) in [6.45, 7) is 5.36. The maximum Gasteiger partial charge on any atom is 0.407 e. The lowest BCUT2D eigenvalue weighted by Crippen LogP contribution is -2.38. The van der Waals surface area contributed by atoms with Crippen LogP contribution in [0.2, 0.25) is 0 Å². The number of hydrogen-bond acceptors (Lipinski definition) is 3. The maximum atomic E-state index is 11.1. The molecule has 0 fully saturated rings.